The van der Waals surface area contributed by atoms with E-state index in [1.165, 1.54) is 5.57 Å². The van der Waals surface area contributed by atoms with Gasteiger partial charge in [0.05, 0.1) is 5.69 Å². The minimum absolute atomic E-state index is 0.329. The number of nitrogens with one attached hydrogen (secondary N) is 1. The standard InChI is InChI=1S/C13H19BrN2/c1-4-15-12(7-5-10(2)3)13-8-6-11(14)9-16-13/h6,8-9,12,15H,2,4-5,7H2,1,3H3. The minimum Gasteiger partial charge on any atom is -0.309 e. The van der Waals surface area contributed by atoms with E-state index in [-0.39, 0.29) is 0 Å². The van der Waals surface area contributed by atoms with Crippen molar-refractivity contribution in [2.45, 2.75) is 32.7 Å². The van der Waals surface area contributed by atoms with Crippen LogP contribution in [0, 0.1) is 0 Å². The predicted molar refractivity (Wildman–Crippen MR) is 72.4 cm³/mol. The van der Waals surface area contributed by atoms with Crippen molar-refractivity contribution in [3.63, 3.8) is 0 Å². The van der Waals surface area contributed by atoms with Crippen molar-refractivity contribution in [2.24, 2.45) is 0 Å². The lowest BCUT2D eigenvalue weighted by molar-refractivity contribution is 0.503. The van der Waals surface area contributed by atoms with Gasteiger partial charge in [-0.25, -0.2) is 0 Å². The van der Waals surface area contributed by atoms with Gasteiger partial charge >= 0.3 is 0 Å². The van der Waals surface area contributed by atoms with Gasteiger partial charge in [-0.1, -0.05) is 12.5 Å². The highest BCUT2D eigenvalue weighted by Gasteiger charge is 2.10. The summed E-state index contributed by atoms with van der Waals surface area (Å²) < 4.78 is 1.02. The van der Waals surface area contributed by atoms with Gasteiger partial charge in [-0.15, -0.1) is 6.58 Å². The number of nitrogens with zero attached hydrogens (tertiary/aromatic N) is 1. The molecule has 1 aromatic heterocycles. The molecule has 0 radical (unpaired) electrons. The lowest BCUT2D eigenvalue weighted by atomic mass is 10.0. The molecule has 1 atom stereocenters. The summed E-state index contributed by atoms with van der Waals surface area (Å²) in [5.74, 6) is 0. The van der Waals surface area contributed by atoms with Crippen LogP contribution in [0.5, 0.6) is 0 Å². The summed E-state index contributed by atoms with van der Waals surface area (Å²) in [5, 5.41) is 3.45. The van der Waals surface area contributed by atoms with Crippen LogP contribution in [0.25, 0.3) is 0 Å². The highest BCUT2D eigenvalue weighted by Crippen LogP contribution is 2.19. The van der Waals surface area contributed by atoms with Gasteiger partial charge in [0.2, 0.25) is 0 Å². The Morgan fingerprint density at radius 3 is 2.81 bits per heavy atom. The van der Waals surface area contributed by atoms with Gasteiger partial charge in [0.25, 0.3) is 0 Å². The number of allylic oxidation sites excluding steroid dienone is 1. The summed E-state index contributed by atoms with van der Waals surface area (Å²) in [4.78, 5) is 4.44. The Morgan fingerprint density at radius 1 is 1.56 bits per heavy atom. The van der Waals surface area contributed by atoms with Crippen LogP contribution in [0.4, 0.5) is 0 Å². The zero-order valence-corrected chi connectivity index (χ0v) is 11.5. The first-order chi connectivity index (χ1) is 7.63. The van der Waals surface area contributed by atoms with Crippen molar-refractivity contribution in [3.8, 4) is 0 Å². The second-order valence-electron chi connectivity index (χ2n) is 4.01. The van der Waals surface area contributed by atoms with E-state index in [4.69, 9.17) is 0 Å². The molecule has 1 rings (SSSR count). The normalized spacial score (nSPS) is 12.4. The maximum absolute atomic E-state index is 4.44. The molecule has 3 heteroatoms. The molecule has 1 N–H and O–H groups in total. The Labute approximate surface area is 106 Å². The van der Waals surface area contributed by atoms with Crippen molar-refractivity contribution in [3.05, 3.63) is 40.6 Å². The SMILES string of the molecule is C=C(C)CCC(NCC)c1ccc(Br)cn1. The van der Waals surface area contributed by atoms with Gasteiger partial charge in [-0.05, 0) is 54.4 Å². The smallest absolute Gasteiger partial charge is 0.0574 e. The molecule has 1 unspecified atom stereocenters. The molecule has 0 aliphatic rings. The largest absolute Gasteiger partial charge is 0.309 e. The van der Waals surface area contributed by atoms with E-state index in [1.54, 1.807) is 0 Å². The maximum Gasteiger partial charge on any atom is 0.0574 e. The zero-order chi connectivity index (χ0) is 12.0. The van der Waals surface area contributed by atoms with Crippen LogP contribution in [0.3, 0.4) is 0 Å². The van der Waals surface area contributed by atoms with Gasteiger partial charge < -0.3 is 5.32 Å². The summed E-state index contributed by atoms with van der Waals surface area (Å²) in [6, 6.07) is 4.43. The zero-order valence-electron chi connectivity index (χ0n) is 9.96. The molecule has 0 spiro atoms. The Balaban J connectivity index is 2.68. The van der Waals surface area contributed by atoms with Crippen LogP contribution in [0.1, 0.15) is 38.4 Å². The molecule has 1 heterocycles. The van der Waals surface area contributed by atoms with Gasteiger partial charge in [0.15, 0.2) is 0 Å². The molecule has 0 saturated carbocycles. The van der Waals surface area contributed by atoms with E-state index in [0.717, 1.165) is 29.6 Å². The van der Waals surface area contributed by atoms with E-state index >= 15 is 0 Å². The molecular formula is C13H19BrN2. The maximum atomic E-state index is 4.44. The molecule has 0 saturated heterocycles. The third-order valence-electron chi connectivity index (χ3n) is 2.42. The first kappa shape index (κ1) is 13.4. The van der Waals surface area contributed by atoms with Crippen LogP contribution in [0.2, 0.25) is 0 Å². The second kappa shape index (κ2) is 6.81. The molecule has 0 aliphatic carbocycles. The molecule has 0 bridgehead atoms. The van der Waals surface area contributed by atoms with Gasteiger partial charge in [0.1, 0.15) is 0 Å². The molecular weight excluding hydrogens is 264 g/mol. The fraction of sp³-hybridized carbons (Fsp3) is 0.462. The van der Waals surface area contributed by atoms with Crippen molar-refractivity contribution in [2.75, 3.05) is 6.54 Å². The lowest BCUT2D eigenvalue weighted by Crippen LogP contribution is -2.21. The number of pyridine rings is 1. The number of halogens is 1. The minimum atomic E-state index is 0.329. The number of hydrogen-bond acceptors (Lipinski definition) is 2. The van der Waals surface area contributed by atoms with E-state index in [2.05, 4.69) is 52.7 Å². The van der Waals surface area contributed by atoms with E-state index in [1.807, 2.05) is 12.3 Å². The first-order valence-electron chi connectivity index (χ1n) is 5.62. The molecule has 0 aliphatic heterocycles. The molecule has 0 amide bonds. The Morgan fingerprint density at radius 2 is 2.31 bits per heavy atom. The fourth-order valence-electron chi connectivity index (χ4n) is 1.59. The Bertz CT molecular complexity index is 332. The molecule has 0 fully saturated rings. The molecule has 88 valence electrons. The van der Waals surface area contributed by atoms with Crippen LogP contribution in [0.15, 0.2) is 35.0 Å². The third kappa shape index (κ3) is 4.45. The average molecular weight is 283 g/mol. The predicted octanol–water partition coefficient (Wildman–Crippen LogP) is 3.85. The number of hydrogen-bond donors (Lipinski definition) is 1. The summed E-state index contributed by atoms with van der Waals surface area (Å²) in [7, 11) is 0. The topological polar surface area (TPSA) is 24.9 Å². The van der Waals surface area contributed by atoms with E-state index < -0.39 is 0 Å². The molecule has 0 aromatic carbocycles. The molecule has 1 aromatic rings. The van der Waals surface area contributed by atoms with Crippen LogP contribution in [-0.4, -0.2) is 11.5 Å². The van der Waals surface area contributed by atoms with E-state index in [0.29, 0.717) is 6.04 Å². The van der Waals surface area contributed by atoms with Crippen molar-refractivity contribution >= 4 is 15.9 Å². The summed E-state index contributed by atoms with van der Waals surface area (Å²) in [5.41, 5.74) is 2.33. The molecule has 16 heavy (non-hydrogen) atoms. The number of rotatable bonds is 6. The monoisotopic (exact) mass is 282 g/mol. The van der Waals surface area contributed by atoms with Crippen molar-refractivity contribution in [1.82, 2.24) is 10.3 Å². The lowest BCUT2D eigenvalue weighted by Gasteiger charge is -2.17. The highest BCUT2D eigenvalue weighted by molar-refractivity contribution is 9.10. The van der Waals surface area contributed by atoms with Gasteiger partial charge in [0, 0.05) is 16.7 Å². The first-order valence-corrected chi connectivity index (χ1v) is 6.42. The summed E-state index contributed by atoms with van der Waals surface area (Å²) >= 11 is 3.40. The Kier molecular flexibility index (Phi) is 5.71. The average Bonchev–Trinajstić information content (AvgIpc) is 2.25. The third-order valence-corrected chi connectivity index (χ3v) is 2.89. The van der Waals surface area contributed by atoms with Crippen molar-refractivity contribution < 1.29 is 0 Å². The van der Waals surface area contributed by atoms with Crippen LogP contribution >= 0.6 is 15.9 Å². The Hall–Kier alpha value is -0.670. The highest BCUT2D eigenvalue weighted by atomic mass is 79.9. The summed E-state index contributed by atoms with van der Waals surface area (Å²) in [6.07, 6.45) is 3.94. The van der Waals surface area contributed by atoms with E-state index in [9.17, 15) is 0 Å². The van der Waals surface area contributed by atoms with Crippen molar-refractivity contribution in [1.29, 1.82) is 0 Å². The van der Waals surface area contributed by atoms with Gasteiger partial charge in [-0.2, -0.15) is 0 Å². The number of aromatic nitrogens is 1. The second-order valence-corrected chi connectivity index (χ2v) is 4.92. The van der Waals surface area contributed by atoms with Crippen LogP contribution in [-0.2, 0) is 0 Å². The molecule has 2 nitrogen and oxygen atoms in total. The fourth-order valence-corrected chi connectivity index (χ4v) is 1.82. The van der Waals surface area contributed by atoms with Gasteiger partial charge in [-0.3, -0.25) is 4.98 Å². The summed E-state index contributed by atoms with van der Waals surface area (Å²) in [6.45, 7) is 9.08. The van der Waals surface area contributed by atoms with Crippen LogP contribution < -0.4 is 5.32 Å². The quantitative estimate of drug-likeness (QED) is 0.802.